The lowest BCUT2D eigenvalue weighted by atomic mass is 10.3. The fourth-order valence-electron chi connectivity index (χ4n) is 0.306. The summed E-state index contributed by atoms with van der Waals surface area (Å²) in [7, 11) is 0.802. The molecule has 2 nitrogen and oxygen atoms in total. The smallest absolute Gasteiger partial charge is 0.0967 e. The van der Waals surface area contributed by atoms with E-state index in [9.17, 15) is 4.21 Å². The van der Waals surface area contributed by atoms with Gasteiger partial charge in [0, 0.05) is 0 Å². The van der Waals surface area contributed by atoms with E-state index in [-0.39, 0.29) is 4.75 Å². The normalized spacial score (nSPS) is 13.3. The molecule has 0 spiro atoms. The van der Waals surface area contributed by atoms with E-state index in [1.165, 1.54) is 6.42 Å². The lowest BCUT2D eigenvalue weighted by Crippen LogP contribution is -2.30. The molecule has 1 N–H and O–H groups in total. The van der Waals surface area contributed by atoms with Gasteiger partial charge in [0.25, 0.3) is 0 Å². The van der Waals surface area contributed by atoms with Crippen molar-refractivity contribution in [2.75, 3.05) is 7.05 Å². The molecule has 0 heterocycles. The summed E-state index contributed by atoms with van der Waals surface area (Å²) >= 11 is 0. The average molecular weight is 179 g/mol. The van der Waals surface area contributed by atoms with E-state index in [0.717, 1.165) is 0 Å². The molecule has 1 atom stereocenters. The van der Waals surface area contributed by atoms with Gasteiger partial charge in [0.15, 0.2) is 0 Å². The largest absolute Gasteiger partial charge is 0.242 e. The van der Waals surface area contributed by atoms with E-state index in [1.807, 2.05) is 20.8 Å². The van der Waals surface area contributed by atoms with Crippen molar-refractivity contribution in [3.8, 4) is 0 Å². The Kier molecular flexibility index (Phi) is 8.46. The van der Waals surface area contributed by atoms with Crippen molar-refractivity contribution < 1.29 is 4.21 Å². The van der Waals surface area contributed by atoms with Gasteiger partial charge in [-0.15, -0.1) is 0 Å². The molecule has 3 heteroatoms. The van der Waals surface area contributed by atoms with Crippen LogP contribution in [0.4, 0.5) is 0 Å². The maximum absolute atomic E-state index is 10.8. The Morgan fingerprint density at radius 1 is 1.27 bits per heavy atom. The van der Waals surface area contributed by atoms with Crippen LogP contribution in [0.5, 0.6) is 0 Å². The number of hydrogen-bond donors (Lipinski definition) is 1. The van der Waals surface area contributed by atoms with Crippen molar-refractivity contribution >= 4 is 11.0 Å². The Balaban J connectivity index is 0. The van der Waals surface area contributed by atoms with Crippen molar-refractivity contribution in [2.45, 2.75) is 45.8 Å². The van der Waals surface area contributed by atoms with E-state index >= 15 is 0 Å². The molecule has 70 valence electrons. The Labute approximate surface area is 73.4 Å². The molecule has 0 aromatic heterocycles. The van der Waals surface area contributed by atoms with Crippen molar-refractivity contribution in [1.82, 2.24) is 4.72 Å². The lowest BCUT2D eigenvalue weighted by Gasteiger charge is -2.15. The van der Waals surface area contributed by atoms with Crippen LogP contribution in [0.25, 0.3) is 0 Å². The molecule has 0 aromatic rings. The van der Waals surface area contributed by atoms with Gasteiger partial charge >= 0.3 is 0 Å². The van der Waals surface area contributed by atoms with Crippen LogP contribution in [0.15, 0.2) is 0 Å². The zero-order valence-corrected chi connectivity index (χ0v) is 9.34. The zero-order chi connectivity index (χ0) is 9.49. The molecule has 0 bridgehead atoms. The van der Waals surface area contributed by atoms with Crippen LogP contribution in [0.3, 0.4) is 0 Å². The fraction of sp³-hybridized carbons (Fsp3) is 1.00. The lowest BCUT2D eigenvalue weighted by molar-refractivity contribution is 0.642. The number of nitrogens with one attached hydrogen (secondary N) is 1. The van der Waals surface area contributed by atoms with Gasteiger partial charge in [0.2, 0.25) is 0 Å². The molecule has 0 saturated carbocycles. The topological polar surface area (TPSA) is 29.1 Å². The molecule has 0 saturated heterocycles. The maximum Gasteiger partial charge on any atom is 0.0967 e. The Hall–Kier alpha value is 0.110. The van der Waals surface area contributed by atoms with Gasteiger partial charge in [0.1, 0.15) is 0 Å². The molecule has 0 rings (SSSR count). The van der Waals surface area contributed by atoms with Gasteiger partial charge in [-0.2, -0.15) is 0 Å². The van der Waals surface area contributed by atoms with Crippen LogP contribution in [0.1, 0.15) is 41.0 Å². The molecule has 0 aliphatic heterocycles. The molecule has 0 aromatic carbocycles. The third kappa shape index (κ3) is 10.1. The molecular weight excluding hydrogens is 158 g/mol. The van der Waals surface area contributed by atoms with Gasteiger partial charge in [-0.25, -0.2) is 8.93 Å². The summed E-state index contributed by atoms with van der Waals surface area (Å²) in [6.07, 6.45) is 1.25. The molecule has 0 radical (unpaired) electrons. The molecule has 0 aliphatic rings. The Morgan fingerprint density at radius 3 is 1.55 bits per heavy atom. The molecule has 11 heavy (non-hydrogen) atoms. The van der Waals surface area contributed by atoms with Crippen LogP contribution in [0.2, 0.25) is 0 Å². The monoisotopic (exact) mass is 179 g/mol. The van der Waals surface area contributed by atoms with Crippen LogP contribution >= 0.6 is 0 Å². The quantitative estimate of drug-likeness (QED) is 0.656. The predicted octanol–water partition coefficient (Wildman–Crippen LogP) is 2.08. The second kappa shape index (κ2) is 6.80. The summed E-state index contributed by atoms with van der Waals surface area (Å²) in [5, 5.41) is 0. The summed E-state index contributed by atoms with van der Waals surface area (Å²) in [5.74, 6) is 0. The molecule has 0 amide bonds. The number of rotatable bonds is 1. The van der Waals surface area contributed by atoms with Gasteiger partial charge < -0.3 is 0 Å². The molecular formula is C8H21NOS. The van der Waals surface area contributed by atoms with Crippen LogP contribution < -0.4 is 4.72 Å². The standard InChI is InChI=1S/C5H13NOS.C3H8/c1-5(2,3)8(7)6-4;1-3-2/h6H,1-4H3;3H2,1-2H3. The summed E-state index contributed by atoms with van der Waals surface area (Å²) in [6.45, 7) is 10.0. The molecule has 1 unspecified atom stereocenters. The first kappa shape index (κ1) is 13.7. The minimum Gasteiger partial charge on any atom is -0.242 e. The highest BCUT2D eigenvalue weighted by Gasteiger charge is 2.16. The first-order chi connectivity index (χ1) is 4.90. The predicted molar refractivity (Wildman–Crippen MR) is 52.9 cm³/mol. The van der Waals surface area contributed by atoms with Crippen LogP contribution in [0, 0.1) is 0 Å². The Morgan fingerprint density at radius 2 is 1.55 bits per heavy atom. The highest BCUT2D eigenvalue weighted by atomic mass is 32.2. The first-order valence-corrected chi connectivity index (χ1v) is 5.14. The van der Waals surface area contributed by atoms with Gasteiger partial charge in [0.05, 0.1) is 15.7 Å². The SMILES string of the molecule is CCC.CNS(=O)C(C)(C)C. The van der Waals surface area contributed by atoms with Crippen molar-refractivity contribution in [3.63, 3.8) is 0 Å². The number of hydrogen-bond acceptors (Lipinski definition) is 1. The third-order valence-corrected chi connectivity index (χ3v) is 2.22. The third-order valence-electron chi connectivity index (χ3n) is 0.742. The first-order valence-electron chi connectivity index (χ1n) is 3.99. The van der Waals surface area contributed by atoms with Crippen molar-refractivity contribution in [3.05, 3.63) is 0 Å². The second-order valence-electron chi connectivity index (χ2n) is 3.29. The van der Waals surface area contributed by atoms with E-state index < -0.39 is 11.0 Å². The van der Waals surface area contributed by atoms with Crippen LogP contribution in [-0.2, 0) is 11.0 Å². The van der Waals surface area contributed by atoms with Crippen molar-refractivity contribution in [1.29, 1.82) is 0 Å². The highest BCUT2D eigenvalue weighted by molar-refractivity contribution is 7.84. The van der Waals surface area contributed by atoms with Crippen LogP contribution in [-0.4, -0.2) is 16.0 Å². The highest BCUT2D eigenvalue weighted by Crippen LogP contribution is 2.06. The second-order valence-corrected chi connectivity index (χ2v) is 5.46. The minimum absolute atomic E-state index is 0.130. The average Bonchev–Trinajstić information content (AvgIpc) is 1.86. The summed E-state index contributed by atoms with van der Waals surface area (Å²) in [6, 6.07) is 0. The minimum atomic E-state index is -0.894. The van der Waals surface area contributed by atoms with Gasteiger partial charge in [-0.1, -0.05) is 20.3 Å². The summed E-state index contributed by atoms with van der Waals surface area (Å²) < 4.78 is 13.4. The van der Waals surface area contributed by atoms with Gasteiger partial charge in [-0.05, 0) is 27.8 Å². The zero-order valence-electron chi connectivity index (χ0n) is 8.52. The van der Waals surface area contributed by atoms with E-state index in [1.54, 1.807) is 7.05 Å². The fourth-order valence-corrected chi connectivity index (χ4v) is 0.919. The van der Waals surface area contributed by atoms with Crippen molar-refractivity contribution in [2.24, 2.45) is 0 Å². The maximum atomic E-state index is 10.8. The van der Waals surface area contributed by atoms with E-state index in [2.05, 4.69) is 18.6 Å². The van der Waals surface area contributed by atoms with Gasteiger partial charge in [-0.3, -0.25) is 0 Å². The summed E-state index contributed by atoms with van der Waals surface area (Å²) in [5.41, 5.74) is 0. The van der Waals surface area contributed by atoms with E-state index in [4.69, 9.17) is 0 Å². The Bertz CT molecular complexity index is 107. The molecule has 0 fully saturated rings. The summed E-state index contributed by atoms with van der Waals surface area (Å²) in [4.78, 5) is 0. The molecule has 0 aliphatic carbocycles. The van der Waals surface area contributed by atoms with E-state index in [0.29, 0.717) is 0 Å².